The number of hydrogen-bond donors (Lipinski definition) is 1. The Kier molecular flexibility index (Phi) is 18.1. The second-order valence-electron chi connectivity index (χ2n) is 14.4. The number of thiophene rings is 1. The molecule has 1 saturated heterocycles. The van der Waals surface area contributed by atoms with Crippen molar-refractivity contribution in [2.45, 2.75) is 110 Å². The van der Waals surface area contributed by atoms with Gasteiger partial charge in [-0.2, -0.15) is 0 Å². The number of benzene rings is 2. The molecule has 3 heterocycles. The van der Waals surface area contributed by atoms with E-state index in [1.165, 1.54) is 86.4 Å². The standard InChI is InChI=1S/C42H59N3O4S.HI/c1-2-3-4-5-6-7-8-9-10-11-12-13-14-20-42(47)49-34-45(29-26-44(27-30-45)39-18-17-19-40-37(39)25-32-50-40)28-15-16-31-48-36-23-21-35-22-24-41(46)43-38(35)33-36;/h17-19,21-25,32-33H,2-16,20,26-31,34H2,1H3;1H. The number of quaternary nitrogens is 1. The number of nitrogens with zero attached hydrogens (tertiary/aromatic N) is 2. The lowest BCUT2D eigenvalue weighted by Gasteiger charge is -2.45. The van der Waals surface area contributed by atoms with Crippen LogP contribution in [-0.4, -0.2) is 61.5 Å². The van der Waals surface area contributed by atoms with Crippen LogP contribution >= 0.6 is 11.3 Å². The number of fused-ring (bicyclic) bond motifs is 2. The van der Waals surface area contributed by atoms with E-state index in [-0.39, 0.29) is 35.5 Å². The first-order valence-electron chi connectivity index (χ1n) is 19.5. The fourth-order valence-corrected chi connectivity index (χ4v) is 8.13. The Hall–Kier alpha value is -2.63. The molecule has 4 aromatic rings. The van der Waals surface area contributed by atoms with Gasteiger partial charge in [-0.15, -0.1) is 11.3 Å². The van der Waals surface area contributed by atoms with Crippen LogP contribution in [0.25, 0.3) is 21.0 Å². The first-order chi connectivity index (χ1) is 24.5. The van der Waals surface area contributed by atoms with Gasteiger partial charge in [-0.05, 0) is 66.4 Å². The lowest BCUT2D eigenvalue weighted by atomic mass is 10.0. The minimum atomic E-state index is -0.110. The van der Waals surface area contributed by atoms with Crippen molar-refractivity contribution in [2.75, 3.05) is 51.0 Å². The van der Waals surface area contributed by atoms with Gasteiger partial charge in [-0.25, -0.2) is 0 Å². The number of aromatic nitrogens is 1. The minimum Gasteiger partial charge on any atom is -1.00 e. The van der Waals surface area contributed by atoms with Gasteiger partial charge >= 0.3 is 5.97 Å². The molecule has 1 N–H and O–H groups in total. The van der Waals surface area contributed by atoms with Gasteiger partial charge in [-0.1, -0.05) is 90.0 Å². The van der Waals surface area contributed by atoms with E-state index in [1.54, 1.807) is 17.4 Å². The summed E-state index contributed by atoms with van der Waals surface area (Å²) < 4.78 is 14.2. The highest BCUT2D eigenvalue weighted by Gasteiger charge is 2.34. The maximum atomic E-state index is 12.9. The summed E-state index contributed by atoms with van der Waals surface area (Å²) >= 11 is 1.79. The van der Waals surface area contributed by atoms with Gasteiger partial charge in [0, 0.05) is 34.3 Å². The van der Waals surface area contributed by atoms with E-state index in [4.69, 9.17) is 9.47 Å². The number of aromatic amines is 1. The van der Waals surface area contributed by atoms with Gasteiger partial charge in [0.15, 0.2) is 0 Å². The molecule has 0 unspecified atom stereocenters. The van der Waals surface area contributed by atoms with Crippen molar-refractivity contribution >= 4 is 44.0 Å². The molecule has 0 radical (unpaired) electrons. The molecule has 2 aromatic carbocycles. The van der Waals surface area contributed by atoms with Gasteiger partial charge in [0.25, 0.3) is 0 Å². The molecule has 9 heteroatoms. The second-order valence-corrected chi connectivity index (χ2v) is 15.3. The number of H-pyrrole nitrogens is 1. The molecule has 1 aliphatic heterocycles. The molecule has 280 valence electrons. The highest BCUT2D eigenvalue weighted by Crippen LogP contribution is 2.32. The molecule has 2 aromatic heterocycles. The van der Waals surface area contributed by atoms with E-state index in [1.807, 2.05) is 24.3 Å². The summed E-state index contributed by atoms with van der Waals surface area (Å²) in [5.41, 5.74) is 1.99. The third kappa shape index (κ3) is 13.4. The second kappa shape index (κ2) is 22.4. The number of piperazine rings is 1. The number of anilines is 1. The monoisotopic (exact) mass is 829 g/mol. The molecule has 1 fully saturated rings. The summed E-state index contributed by atoms with van der Waals surface area (Å²) in [7, 11) is 0. The lowest BCUT2D eigenvalue weighted by Crippen LogP contribution is -3.00. The van der Waals surface area contributed by atoms with Gasteiger partial charge in [0.1, 0.15) is 5.75 Å². The molecule has 0 atom stereocenters. The maximum Gasteiger partial charge on any atom is 0.310 e. The van der Waals surface area contributed by atoms with Crippen molar-refractivity contribution < 1.29 is 42.7 Å². The smallest absolute Gasteiger partial charge is 0.310 e. The number of hydrogen-bond acceptors (Lipinski definition) is 6. The van der Waals surface area contributed by atoms with Crippen molar-refractivity contribution in [3.63, 3.8) is 0 Å². The average Bonchev–Trinajstić information content (AvgIpc) is 3.62. The van der Waals surface area contributed by atoms with Crippen LogP contribution in [0.4, 0.5) is 5.69 Å². The fourth-order valence-electron chi connectivity index (χ4n) is 7.33. The van der Waals surface area contributed by atoms with Gasteiger partial charge in [0.05, 0.1) is 44.8 Å². The number of esters is 1. The SMILES string of the molecule is CCCCCCCCCCCCCCCC(=O)OC[N+]1(CCCCOc2ccc3ccc(=O)[nH]c3c2)CCN(c2cccc3sccc23)CC1.[I-]. The van der Waals surface area contributed by atoms with E-state index in [2.05, 4.69) is 46.5 Å². The number of unbranched alkanes of at least 4 members (excludes halogenated alkanes) is 13. The Balaban J connectivity index is 0.00000583. The number of carbonyl (C=O) groups is 1. The Bertz CT molecular complexity index is 1650. The Labute approximate surface area is 326 Å². The number of ether oxygens (including phenoxy) is 2. The molecule has 51 heavy (non-hydrogen) atoms. The van der Waals surface area contributed by atoms with Crippen LogP contribution in [-0.2, 0) is 9.53 Å². The number of nitrogens with one attached hydrogen (secondary N) is 1. The summed E-state index contributed by atoms with van der Waals surface area (Å²) in [6.45, 7) is 8.07. The van der Waals surface area contributed by atoms with Crippen molar-refractivity contribution in [1.82, 2.24) is 4.98 Å². The molecule has 5 rings (SSSR count). The lowest BCUT2D eigenvalue weighted by molar-refractivity contribution is -0.944. The Morgan fingerprint density at radius 2 is 1.51 bits per heavy atom. The zero-order chi connectivity index (χ0) is 34.9. The van der Waals surface area contributed by atoms with E-state index in [9.17, 15) is 9.59 Å². The minimum absolute atomic E-state index is 0. The first kappa shape index (κ1) is 41.1. The van der Waals surface area contributed by atoms with Crippen molar-refractivity contribution in [3.05, 3.63) is 70.3 Å². The molecular weight excluding hydrogens is 769 g/mol. The zero-order valence-electron chi connectivity index (χ0n) is 30.9. The summed E-state index contributed by atoms with van der Waals surface area (Å²) in [4.78, 5) is 30.0. The number of carbonyl (C=O) groups excluding carboxylic acids is 1. The van der Waals surface area contributed by atoms with Gasteiger partial charge in [-0.3, -0.25) is 14.1 Å². The van der Waals surface area contributed by atoms with E-state index >= 15 is 0 Å². The van der Waals surface area contributed by atoms with Crippen LogP contribution in [0.1, 0.15) is 110 Å². The molecule has 0 spiro atoms. The maximum absolute atomic E-state index is 12.9. The number of halogens is 1. The number of pyridine rings is 1. The summed E-state index contributed by atoms with van der Waals surface area (Å²) in [5, 5.41) is 4.49. The fraction of sp³-hybridized carbons (Fsp3) is 0.571. The van der Waals surface area contributed by atoms with Crippen molar-refractivity contribution in [2.24, 2.45) is 0 Å². The normalized spacial score (nSPS) is 14.1. The third-order valence-corrected chi connectivity index (χ3v) is 11.4. The number of rotatable bonds is 23. The zero-order valence-corrected chi connectivity index (χ0v) is 33.8. The first-order valence-corrected chi connectivity index (χ1v) is 20.4. The van der Waals surface area contributed by atoms with Crippen molar-refractivity contribution in [1.29, 1.82) is 0 Å². The van der Waals surface area contributed by atoms with Crippen LogP contribution in [0, 0.1) is 0 Å². The van der Waals surface area contributed by atoms with Crippen LogP contribution in [0.5, 0.6) is 5.75 Å². The molecule has 0 saturated carbocycles. The quantitative estimate of drug-likeness (QED) is 0.0370. The predicted molar refractivity (Wildman–Crippen MR) is 209 cm³/mol. The molecule has 1 aliphatic rings. The highest BCUT2D eigenvalue weighted by molar-refractivity contribution is 7.17. The molecule has 0 amide bonds. The molecule has 0 aliphatic carbocycles. The molecule has 7 nitrogen and oxygen atoms in total. The summed E-state index contributed by atoms with van der Waals surface area (Å²) in [6, 6.07) is 18.0. The van der Waals surface area contributed by atoms with Crippen LogP contribution < -0.4 is 39.2 Å². The molecule has 0 bridgehead atoms. The van der Waals surface area contributed by atoms with E-state index in [0.29, 0.717) is 19.8 Å². The average molecular weight is 830 g/mol. The third-order valence-electron chi connectivity index (χ3n) is 10.5. The van der Waals surface area contributed by atoms with Crippen LogP contribution in [0.3, 0.4) is 0 Å². The van der Waals surface area contributed by atoms with E-state index in [0.717, 1.165) is 79.5 Å². The van der Waals surface area contributed by atoms with Gasteiger partial charge in [0.2, 0.25) is 12.3 Å². The Morgan fingerprint density at radius 3 is 2.24 bits per heavy atom. The van der Waals surface area contributed by atoms with Crippen LogP contribution in [0.2, 0.25) is 0 Å². The topological polar surface area (TPSA) is 71.6 Å². The van der Waals surface area contributed by atoms with E-state index < -0.39 is 0 Å². The largest absolute Gasteiger partial charge is 1.00 e. The highest BCUT2D eigenvalue weighted by atomic mass is 127. The summed E-state index contributed by atoms with van der Waals surface area (Å²) in [5.74, 6) is 0.718. The molecular formula is C42H60IN3O4S. The Morgan fingerprint density at radius 1 is 0.824 bits per heavy atom. The summed E-state index contributed by atoms with van der Waals surface area (Å²) in [6.07, 6.45) is 19.3. The van der Waals surface area contributed by atoms with Crippen LogP contribution in [0.15, 0.2) is 64.8 Å². The van der Waals surface area contributed by atoms with Gasteiger partial charge < -0.3 is 43.3 Å². The predicted octanol–water partition coefficient (Wildman–Crippen LogP) is 7.22. The van der Waals surface area contributed by atoms with Crippen molar-refractivity contribution in [3.8, 4) is 5.75 Å².